The Morgan fingerprint density at radius 1 is 0.891 bits per heavy atom. The van der Waals surface area contributed by atoms with Crippen LogP contribution in [0.4, 0.5) is 5.82 Å². The molecule has 0 aliphatic rings. The van der Waals surface area contributed by atoms with Crippen LogP contribution in [0.1, 0.15) is 40.7 Å². The highest BCUT2D eigenvalue weighted by molar-refractivity contribution is 7.89. The maximum atomic E-state index is 13.7. The Morgan fingerprint density at radius 2 is 1.59 bits per heavy atom. The molecule has 0 aliphatic carbocycles. The molecule has 0 bridgehead atoms. The van der Waals surface area contributed by atoms with Gasteiger partial charge in [-0.05, 0) is 78.8 Å². The van der Waals surface area contributed by atoms with Crippen molar-refractivity contribution < 1.29 is 32.6 Å². The van der Waals surface area contributed by atoms with Gasteiger partial charge in [-0.25, -0.2) is 18.1 Å². The quantitative estimate of drug-likeness (QED) is 0.104. The van der Waals surface area contributed by atoms with Crippen LogP contribution in [0.5, 0.6) is 5.75 Å². The summed E-state index contributed by atoms with van der Waals surface area (Å²) < 4.78 is 41.4. The first-order valence-corrected chi connectivity index (χ1v) is 16.5. The van der Waals surface area contributed by atoms with E-state index in [2.05, 4.69) is 15.0 Å². The summed E-state index contributed by atoms with van der Waals surface area (Å²) in [5, 5.41) is 12.4. The molecule has 1 heterocycles. The number of esters is 1. The van der Waals surface area contributed by atoms with Crippen LogP contribution >= 0.6 is 0 Å². The number of pyridine rings is 1. The fourth-order valence-electron chi connectivity index (χ4n) is 5.12. The van der Waals surface area contributed by atoms with E-state index in [0.717, 1.165) is 23.4 Å². The highest BCUT2D eigenvalue weighted by Gasteiger charge is 2.26. The Bertz CT molecular complexity index is 1670. The van der Waals surface area contributed by atoms with Gasteiger partial charge in [0.2, 0.25) is 10.0 Å². The van der Waals surface area contributed by atoms with E-state index in [-0.39, 0.29) is 30.8 Å². The number of hydrogen-bond donors (Lipinski definition) is 3. The third-order valence-corrected chi connectivity index (χ3v) is 8.91. The number of rotatable bonds is 17. The fourth-order valence-corrected chi connectivity index (χ4v) is 6.81. The van der Waals surface area contributed by atoms with Crippen LogP contribution < -0.4 is 14.8 Å². The van der Waals surface area contributed by atoms with Gasteiger partial charge in [0.1, 0.15) is 18.2 Å². The molecule has 0 aliphatic heterocycles. The number of nitrogens with one attached hydrogen (secondary N) is 2. The molecule has 0 spiro atoms. The Morgan fingerprint density at radius 3 is 2.24 bits per heavy atom. The van der Waals surface area contributed by atoms with Crippen molar-refractivity contribution in [2.24, 2.45) is 0 Å². The molecule has 0 saturated carbocycles. The molecule has 0 fully saturated rings. The molecular formula is C35H39N3O7S. The number of carboxylic acid groups (broad SMARTS) is 1. The number of ether oxygens (including phenoxy) is 2. The molecule has 3 N–H and O–H groups in total. The third-order valence-electron chi connectivity index (χ3n) is 7.09. The summed E-state index contributed by atoms with van der Waals surface area (Å²) in [6.07, 6.45) is 2.31. The minimum Gasteiger partial charge on any atom is -0.494 e. The Hall–Kier alpha value is -4.74. The monoisotopic (exact) mass is 645 g/mol. The standard InChI is InChI=1S/C35H39N3O7S/c1-25-19-29(22-33(39)40)20-26(2)35(25)46(42,43)38-30(23-34(41)45-24-28-9-4-3-5-10-28)21-27-12-14-31(15-13-27)44-18-8-17-37-32-11-6-7-16-36-32/h3-7,9-16,19-20,30,38H,8,17-18,21-24H2,1-2H3,(H,36,37)(H,39,40)/t30-/m1/s1. The summed E-state index contributed by atoms with van der Waals surface area (Å²) in [4.78, 5) is 28.4. The van der Waals surface area contributed by atoms with E-state index in [1.54, 1.807) is 32.2 Å². The van der Waals surface area contributed by atoms with E-state index < -0.39 is 28.0 Å². The maximum absolute atomic E-state index is 13.7. The normalized spacial score (nSPS) is 11.9. The van der Waals surface area contributed by atoms with Gasteiger partial charge >= 0.3 is 11.9 Å². The largest absolute Gasteiger partial charge is 0.494 e. The van der Waals surface area contributed by atoms with E-state index in [9.17, 15) is 23.1 Å². The van der Waals surface area contributed by atoms with Crippen LogP contribution in [0, 0.1) is 13.8 Å². The molecule has 11 heteroatoms. The predicted octanol–water partition coefficient (Wildman–Crippen LogP) is 5.23. The van der Waals surface area contributed by atoms with Gasteiger partial charge < -0.3 is 19.9 Å². The lowest BCUT2D eigenvalue weighted by Crippen LogP contribution is -2.39. The average Bonchev–Trinajstić information content (AvgIpc) is 3.00. The molecule has 4 rings (SSSR count). The van der Waals surface area contributed by atoms with Crippen molar-refractivity contribution >= 4 is 27.8 Å². The fraction of sp³-hybridized carbons (Fsp3) is 0.286. The number of anilines is 1. The van der Waals surface area contributed by atoms with Crippen LogP contribution in [0.2, 0.25) is 0 Å². The number of benzene rings is 3. The second kappa shape index (κ2) is 16.5. The molecule has 1 atom stereocenters. The number of carboxylic acids is 1. The van der Waals surface area contributed by atoms with Gasteiger partial charge in [-0.1, -0.05) is 60.7 Å². The number of aliphatic carboxylic acids is 1. The predicted molar refractivity (Wildman–Crippen MR) is 175 cm³/mol. The SMILES string of the molecule is Cc1cc(CC(=O)O)cc(C)c1S(=O)(=O)N[C@@H](CC(=O)OCc1ccccc1)Cc1ccc(OCCCNc2ccccn2)cc1. The van der Waals surface area contributed by atoms with Crippen molar-refractivity contribution in [3.05, 3.63) is 119 Å². The lowest BCUT2D eigenvalue weighted by Gasteiger charge is -2.21. The van der Waals surface area contributed by atoms with Crippen LogP contribution in [0.3, 0.4) is 0 Å². The molecular weight excluding hydrogens is 606 g/mol. The van der Waals surface area contributed by atoms with Gasteiger partial charge in [0, 0.05) is 18.8 Å². The zero-order valence-corrected chi connectivity index (χ0v) is 26.8. The van der Waals surface area contributed by atoms with Gasteiger partial charge in [0.15, 0.2) is 0 Å². The van der Waals surface area contributed by atoms with Crippen molar-refractivity contribution in [3.63, 3.8) is 0 Å². The van der Waals surface area contributed by atoms with Crippen molar-refractivity contribution in [2.75, 3.05) is 18.5 Å². The van der Waals surface area contributed by atoms with E-state index in [1.807, 2.05) is 72.8 Å². The summed E-state index contributed by atoms with van der Waals surface area (Å²) in [6.45, 7) is 4.54. The van der Waals surface area contributed by atoms with Gasteiger partial charge in [0.05, 0.1) is 24.3 Å². The maximum Gasteiger partial charge on any atom is 0.307 e. The van der Waals surface area contributed by atoms with E-state index in [1.165, 1.54) is 0 Å². The second-order valence-electron chi connectivity index (χ2n) is 11.0. The Kier molecular flexibility index (Phi) is 12.3. The van der Waals surface area contributed by atoms with Crippen LogP contribution in [-0.2, 0) is 43.8 Å². The smallest absolute Gasteiger partial charge is 0.307 e. The Labute approximate surface area is 269 Å². The summed E-state index contributed by atoms with van der Waals surface area (Å²) >= 11 is 0. The minimum atomic E-state index is -4.08. The molecule has 0 unspecified atom stereocenters. The third kappa shape index (κ3) is 10.7. The first-order valence-electron chi connectivity index (χ1n) is 15.0. The topological polar surface area (TPSA) is 144 Å². The van der Waals surface area contributed by atoms with Gasteiger partial charge in [0.25, 0.3) is 0 Å². The van der Waals surface area contributed by atoms with Crippen molar-refractivity contribution in [2.45, 2.75) is 57.1 Å². The minimum absolute atomic E-state index is 0.0607. The molecule has 0 saturated heterocycles. The molecule has 4 aromatic rings. The van der Waals surface area contributed by atoms with Gasteiger partial charge in [-0.2, -0.15) is 0 Å². The van der Waals surface area contributed by atoms with Crippen molar-refractivity contribution in [1.82, 2.24) is 9.71 Å². The number of sulfonamides is 1. The van der Waals surface area contributed by atoms with Gasteiger partial charge in [-0.3, -0.25) is 9.59 Å². The highest BCUT2D eigenvalue weighted by Crippen LogP contribution is 2.24. The molecule has 46 heavy (non-hydrogen) atoms. The van der Waals surface area contributed by atoms with Crippen LogP contribution in [-0.4, -0.2) is 49.6 Å². The first-order chi connectivity index (χ1) is 22.1. The van der Waals surface area contributed by atoms with E-state index >= 15 is 0 Å². The van der Waals surface area contributed by atoms with E-state index in [4.69, 9.17) is 9.47 Å². The number of carbonyl (C=O) groups is 2. The summed E-state index contributed by atoms with van der Waals surface area (Å²) in [6, 6.07) is 24.5. The number of aryl methyl sites for hydroxylation is 2. The lowest BCUT2D eigenvalue weighted by molar-refractivity contribution is -0.145. The zero-order chi connectivity index (χ0) is 32.9. The molecule has 242 valence electrons. The van der Waals surface area contributed by atoms with Crippen molar-refractivity contribution in [1.29, 1.82) is 0 Å². The summed E-state index contributed by atoms with van der Waals surface area (Å²) in [5.74, 6) is -0.0631. The number of hydrogen-bond acceptors (Lipinski definition) is 8. The molecule has 10 nitrogen and oxygen atoms in total. The lowest BCUT2D eigenvalue weighted by atomic mass is 10.0. The van der Waals surface area contributed by atoms with E-state index in [0.29, 0.717) is 35.6 Å². The Balaban J connectivity index is 1.42. The van der Waals surface area contributed by atoms with Gasteiger partial charge in [-0.15, -0.1) is 0 Å². The zero-order valence-electron chi connectivity index (χ0n) is 25.9. The van der Waals surface area contributed by atoms with Crippen LogP contribution in [0.15, 0.2) is 96.0 Å². The second-order valence-corrected chi connectivity index (χ2v) is 12.6. The molecule has 0 radical (unpaired) electrons. The summed E-state index contributed by atoms with van der Waals surface area (Å²) in [7, 11) is -4.08. The molecule has 3 aromatic carbocycles. The van der Waals surface area contributed by atoms with Crippen molar-refractivity contribution in [3.8, 4) is 5.75 Å². The first kappa shape index (κ1) is 34.1. The number of nitrogens with zero attached hydrogens (tertiary/aromatic N) is 1. The number of aromatic nitrogens is 1. The highest BCUT2D eigenvalue weighted by atomic mass is 32.2. The average molecular weight is 646 g/mol. The molecule has 1 aromatic heterocycles. The number of carbonyl (C=O) groups excluding carboxylic acids is 1. The summed E-state index contributed by atoms with van der Waals surface area (Å²) in [5.41, 5.74) is 2.98. The van der Waals surface area contributed by atoms with Crippen LogP contribution in [0.25, 0.3) is 0 Å². The molecule has 0 amide bonds.